The highest BCUT2D eigenvalue weighted by molar-refractivity contribution is 5.82. The number of likely N-dealkylation sites (N-methyl/N-ethyl adjacent to an activating group) is 1. The summed E-state index contributed by atoms with van der Waals surface area (Å²) in [6.45, 7) is 4.45. The van der Waals surface area contributed by atoms with E-state index in [1.165, 1.54) is 12.8 Å². The second-order valence-electron chi connectivity index (χ2n) is 6.25. The predicted molar refractivity (Wildman–Crippen MR) is 82.0 cm³/mol. The lowest BCUT2D eigenvalue weighted by Crippen LogP contribution is -2.55. The fraction of sp³-hybridized carbons (Fsp3) is 0.867. The second kappa shape index (κ2) is 7.75. The Hall–Kier alpha value is -1.14. The molecule has 21 heavy (non-hydrogen) atoms. The Bertz CT molecular complexity index is 357. The summed E-state index contributed by atoms with van der Waals surface area (Å²) in [7, 11) is 3.56. The molecule has 2 amide bonds. The van der Waals surface area contributed by atoms with E-state index in [0.29, 0.717) is 6.54 Å². The molecule has 2 aliphatic rings. The van der Waals surface area contributed by atoms with Crippen LogP contribution in [0.25, 0.3) is 0 Å². The molecule has 2 saturated heterocycles. The SMILES string of the molecule is CN(C)C(=O)CN1CCN(C(=O)C2CCCCCN2)CC1. The zero-order valence-electron chi connectivity index (χ0n) is 13.3. The number of hydrogen-bond acceptors (Lipinski definition) is 4. The molecule has 2 fully saturated rings. The third kappa shape index (κ3) is 4.68. The zero-order chi connectivity index (χ0) is 15.2. The van der Waals surface area contributed by atoms with Crippen molar-refractivity contribution in [2.24, 2.45) is 0 Å². The number of rotatable bonds is 3. The number of carbonyl (C=O) groups is 2. The summed E-state index contributed by atoms with van der Waals surface area (Å²) in [5, 5.41) is 3.37. The Morgan fingerprint density at radius 2 is 1.81 bits per heavy atom. The minimum Gasteiger partial charge on any atom is -0.348 e. The third-order valence-electron chi connectivity index (χ3n) is 4.40. The molecule has 2 rings (SSSR count). The highest BCUT2D eigenvalue weighted by Crippen LogP contribution is 2.12. The Kier molecular flexibility index (Phi) is 5.99. The van der Waals surface area contributed by atoms with Gasteiger partial charge in [-0.1, -0.05) is 12.8 Å². The number of amides is 2. The van der Waals surface area contributed by atoms with Gasteiger partial charge in [0.1, 0.15) is 0 Å². The number of nitrogens with zero attached hydrogens (tertiary/aromatic N) is 3. The summed E-state index contributed by atoms with van der Waals surface area (Å²) in [5.74, 6) is 0.371. The molecule has 0 aromatic heterocycles. The molecule has 0 bridgehead atoms. The topological polar surface area (TPSA) is 55.9 Å². The van der Waals surface area contributed by atoms with Gasteiger partial charge in [-0.05, 0) is 19.4 Å². The molecule has 120 valence electrons. The van der Waals surface area contributed by atoms with Gasteiger partial charge in [-0.2, -0.15) is 0 Å². The van der Waals surface area contributed by atoms with E-state index in [1.807, 2.05) is 4.90 Å². The molecule has 1 unspecified atom stereocenters. The molecule has 1 N–H and O–H groups in total. The van der Waals surface area contributed by atoms with E-state index in [4.69, 9.17) is 0 Å². The van der Waals surface area contributed by atoms with Gasteiger partial charge in [0.2, 0.25) is 11.8 Å². The van der Waals surface area contributed by atoms with Crippen LogP contribution in [0, 0.1) is 0 Å². The van der Waals surface area contributed by atoms with Gasteiger partial charge in [0, 0.05) is 40.3 Å². The summed E-state index contributed by atoms with van der Waals surface area (Å²) < 4.78 is 0. The lowest BCUT2D eigenvalue weighted by Gasteiger charge is -2.36. The third-order valence-corrected chi connectivity index (χ3v) is 4.40. The fourth-order valence-electron chi connectivity index (χ4n) is 2.92. The van der Waals surface area contributed by atoms with Crippen LogP contribution < -0.4 is 5.32 Å². The minimum absolute atomic E-state index is 0.00228. The summed E-state index contributed by atoms with van der Waals surface area (Å²) >= 11 is 0. The molecule has 0 radical (unpaired) electrons. The van der Waals surface area contributed by atoms with Crippen molar-refractivity contribution >= 4 is 11.8 Å². The van der Waals surface area contributed by atoms with Crippen molar-refractivity contribution in [3.63, 3.8) is 0 Å². The van der Waals surface area contributed by atoms with Crippen LogP contribution in [0.3, 0.4) is 0 Å². The number of hydrogen-bond donors (Lipinski definition) is 1. The van der Waals surface area contributed by atoms with Crippen LogP contribution in [0.1, 0.15) is 25.7 Å². The van der Waals surface area contributed by atoms with E-state index < -0.39 is 0 Å². The van der Waals surface area contributed by atoms with Crippen molar-refractivity contribution in [1.82, 2.24) is 20.0 Å². The van der Waals surface area contributed by atoms with Crippen molar-refractivity contribution < 1.29 is 9.59 Å². The van der Waals surface area contributed by atoms with Crippen molar-refractivity contribution in [3.05, 3.63) is 0 Å². The van der Waals surface area contributed by atoms with Gasteiger partial charge >= 0.3 is 0 Å². The van der Waals surface area contributed by atoms with E-state index >= 15 is 0 Å². The van der Waals surface area contributed by atoms with Crippen LogP contribution in [0.15, 0.2) is 0 Å². The first-order chi connectivity index (χ1) is 10.1. The largest absolute Gasteiger partial charge is 0.348 e. The molecule has 1 atom stereocenters. The first kappa shape index (κ1) is 16.2. The van der Waals surface area contributed by atoms with Crippen molar-refractivity contribution in [2.45, 2.75) is 31.7 Å². The number of piperazine rings is 1. The average Bonchev–Trinajstić information content (AvgIpc) is 2.76. The van der Waals surface area contributed by atoms with E-state index in [-0.39, 0.29) is 17.9 Å². The molecule has 2 heterocycles. The molecule has 0 saturated carbocycles. The summed E-state index contributed by atoms with van der Waals surface area (Å²) in [4.78, 5) is 29.9. The van der Waals surface area contributed by atoms with Crippen LogP contribution in [0.4, 0.5) is 0 Å². The molecule has 0 aromatic rings. The van der Waals surface area contributed by atoms with Gasteiger partial charge in [0.15, 0.2) is 0 Å². The van der Waals surface area contributed by atoms with Gasteiger partial charge in [0.05, 0.1) is 12.6 Å². The Labute approximate surface area is 127 Å². The molecular weight excluding hydrogens is 268 g/mol. The monoisotopic (exact) mass is 296 g/mol. The van der Waals surface area contributed by atoms with Gasteiger partial charge < -0.3 is 15.1 Å². The normalized spacial score (nSPS) is 24.5. The molecule has 2 aliphatic heterocycles. The average molecular weight is 296 g/mol. The number of carbonyl (C=O) groups excluding carboxylic acids is 2. The summed E-state index contributed by atoms with van der Waals surface area (Å²) in [6.07, 6.45) is 4.49. The summed E-state index contributed by atoms with van der Waals surface area (Å²) in [6, 6.07) is 0.00228. The maximum Gasteiger partial charge on any atom is 0.239 e. The molecule has 0 spiro atoms. The van der Waals surface area contributed by atoms with Crippen LogP contribution in [0.2, 0.25) is 0 Å². The smallest absolute Gasteiger partial charge is 0.239 e. The maximum absolute atomic E-state index is 12.5. The first-order valence-electron chi connectivity index (χ1n) is 8.02. The molecular formula is C15H28N4O2. The molecule has 6 heteroatoms. The van der Waals surface area contributed by atoms with Crippen molar-refractivity contribution in [3.8, 4) is 0 Å². The van der Waals surface area contributed by atoms with E-state index in [1.54, 1.807) is 19.0 Å². The molecule has 6 nitrogen and oxygen atoms in total. The molecule has 0 aliphatic carbocycles. The van der Waals surface area contributed by atoms with Gasteiger partial charge in [0.25, 0.3) is 0 Å². The highest BCUT2D eigenvalue weighted by atomic mass is 16.2. The van der Waals surface area contributed by atoms with Crippen LogP contribution in [-0.4, -0.2) is 85.9 Å². The van der Waals surface area contributed by atoms with E-state index in [2.05, 4.69) is 10.2 Å². The standard InChI is InChI=1S/C15H28N4O2/c1-17(2)14(20)12-18-8-10-19(11-9-18)15(21)13-6-4-3-5-7-16-13/h13,16H,3-12H2,1-2H3. The minimum atomic E-state index is 0.00228. The lowest BCUT2D eigenvalue weighted by atomic mass is 10.1. The second-order valence-corrected chi connectivity index (χ2v) is 6.25. The Morgan fingerprint density at radius 1 is 1.10 bits per heavy atom. The highest BCUT2D eigenvalue weighted by Gasteiger charge is 2.28. The van der Waals surface area contributed by atoms with Gasteiger partial charge in [-0.15, -0.1) is 0 Å². The maximum atomic E-state index is 12.5. The van der Waals surface area contributed by atoms with Crippen molar-refractivity contribution in [2.75, 3.05) is 53.4 Å². The zero-order valence-corrected chi connectivity index (χ0v) is 13.3. The Balaban J connectivity index is 1.77. The molecule has 0 aromatic carbocycles. The van der Waals surface area contributed by atoms with Crippen molar-refractivity contribution in [1.29, 1.82) is 0 Å². The quantitative estimate of drug-likeness (QED) is 0.780. The Morgan fingerprint density at radius 3 is 2.48 bits per heavy atom. The first-order valence-corrected chi connectivity index (χ1v) is 8.02. The van der Waals surface area contributed by atoms with E-state index in [0.717, 1.165) is 45.6 Å². The van der Waals surface area contributed by atoms with Gasteiger partial charge in [-0.3, -0.25) is 14.5 Å². The fourth-order valence-corrected chi connectivity index (χ4v) is 2.92. The lowest BCUT2D eigenvalue weighted by molar-refractivity contribution is -0.136. The summed E-state index contributed by atoms with van der Waals surface area (Å²) in [5.41, 5.74) is 0. The predicted octanol–water partition coefficient (Wildman–Crippen LogP) is -0.249. The van der Waals surface area contributed by atoms with Crippen LogP contribution in [-0.2, 0) is 9.59 Å². The van der Waals surface area contributed by atoms with Crippen LogP contribution >= 0.6 is 0 Å². The van der Waals surface area contributed by atoms with Crippen LogP contribution in [0.5, 0.6) is 0 Å². The van der Waals surface area contributed by atoms with E-state index in [9.17, 15) is 9.59 Å². The number of nitrogens with one attached hydrogen (secondary N) is 1. The van der Waals surface area contributed by atoms with Gasteiger partial charge in [-0.25, -0.2) is 0 Å².